The van der Waals surface area contributed by atoms with Gasteiger partial charge in [-0.15, -0.1) is 0 Å². The van der Waals surface area contributed by atoms with Gasteiger partial charge in [0.25, 0.3) is 0 Å². The van der Waals surface area contributed by atoms with E-state index in [1.165, 1.54) is 12.4 Å². The van der Waals surface area contributed by atoms with E-state index in [4.69, 9.17) is 4.74 Å². The number of aromatic nitrogens is 4. The molecule has 0 unspecified atom stereocenters. The zero-order chi connectivity index (χ0) is 18.6. The number of carbonyl (C=O) groups excluding carboxylic acids is 1. The van der Waals surface area contributed by atoms with Crippen LogP contribution in [-0.4, -0.2) is 25.8 Å². The van der Waals surface area contributed by atoms with Gasteiger partial charge in [0.2, 0.25) is 11.8 Å². The van der Waals surface area contributed by atoms with Gasteiger partial charge in [0.15, 0.2) is 0 Å². The fourth-order valence-corrected chi connectivity index (χ4v) is 2.67. The van der Waals surface area contributed by atoms with E-state index >= 15 is 0 Å². The number of pyridine rings is 1. The van der Waals surface area contributed by atoms with Gasteiger partial charge in [-0.25, -0.2) is 9.97 Å². The fraction of sp³-hybridized carbons (Fsp3) is 0. The molecule has 0 aliphatic rings. The number of H-pyrrole nitrogens is 1. The second-order valence-electron chi connectivity index (χ2n) is 5.67. The fourth-order valence-electron chi connectivity index (χ4n) is 2.67. The third kappa shape index (κ3) is 3.38. The van der Waals surface area contributed by atoms with Gasteiger partial charge in [-0.3, -0.25) is 9.78 Å². The molecular weight excluding hydrogens is 342 g/mol. The molecule has 0 fully saturated rings. The number of fused-ring (bicyclic) bond motifs is 1. The van der Waals surface area contributed by atoms with Crippen molar-refractivity contribution in [1.29, 1.82) is 0 Å². The molecule has 0 atom stereocenters. The molecule has 1 aromatic carbocycles. The summed E-state index contributed by atoms with van der Waals surface area (Å²) in [5.41, 5.74) is 3.17. The molecule has 0 bridgehead atoms. The van der Waals surface area contributed by atoms with Crippen LogP contribution in [0.3, 0.4) is 0 Å². The Hall–Kier alpha value is -4.00. The molecule has 0 aliphatic carbocycles. The highest BCUT2D eigenvalue weighted by molar-refractivity contribution is 5.99. The molecule has 1 amide bonds. The third-order valence-corrected chi connectivity index (χ3v) is 3.93. The SMILES string of the molecule is C=CC(=O)Nc1ccc(Oc2ncnc3[nH]cc(-c4cccnc4)c23)cc1. The number of rotatable bonds is 5. The van der Waals surface area contributed by atoms with E-state index in [2.05, 4.69) is 31.8 Å². The summed E-state index contributed by atoms with van der Waals surface area (Å²) >= 11 is 0. The number of amides is 1. The first kappa shape index (κ1) is 16.5. The standard InChI is InChI=1S/C20H15N5O2/c1-2-17(26)25-14-5-7-15(8-6-14)27-20-18-16(13-4-3-9-21-10-13)11-22-19(18)23-12-24-20/h2-12H,1H2,(H,25,26)(H,22,23,24). The lowest BCUT2D eigenvalue weighted by Crippen LogP contribution is -2.06. The van der Waals surface area contributed by atoms with Crippen LogP contribution >= 0.6 is 0 Å². The maximum atomic E-state index is 11.4. The molecule has 0 saturated heterocycles. The smallest absolute Gasteiger partial charge is 0.247 e. The lowest BCUT2D eigenvalue weighted by Gasteiger charge is -2.08. The van der Waals surface area contributed by atoms with Gasteiger partial charge in [0.1, 0.15) is 17.7 Å². The number of anilines is 1. The number of ether oxygens (including phenoxy) is 1. The van der Waals surface area contributed by atoms with Gasteiger partial charge >= 0.3 is 0 Å². The van der Waals surface area contributed by atoms with E-state index in [0.29, 0.717) is 23.0 Å². The number of hydrogen-bond acceptors (Lipinski definition) is 5. The molecule has 0 aliphatic heterocycles. The minimum absolute atomic E-state index is 0.269. The molecule has 2 N–H and O–H groups in total. The topological polar surface area (TPSA) is 92.8 Å². The van der Waals surface area contributed by atoms with Gasteiger partial charge in [-0.1, -0.05) is 12.6 Å². The summed E-state index contributed by atoms with van der Waals surface area (Å²) in [4.78, 5) is 27.2. The van der Waals surface area contributed by atoms with Crippen LogP contribution < -0.4 is 10.1 Å². The van der Waals surface area contributed by atoms with Crippen LogP contribution in [0, 0.1) is 0 Å². The first-order valence-corrected chi connectivity index (χ1v) is 8.18. The predicted octanol–water partition coefficient (Wildman–Crippen LogP) is 3.94. The van der Waals surface area contributed by atoms with E-state index in [-0.39, 0.29) is 5.91 Å². The Kier molecular flexibility index (Phi) is 4.32. The number of aromatic amines is 1. The van der Waals surface area contributed by atoms with E-state index in [0.717, 1.165) is 16.5 Å². The monoisotopic (exact) mass is 357 g/mol. The summed E-state index contributed by atoms with van der Waals surface area (Å²) in [6.45, 7) is 3.43. The number of nitrogens with one attached hydrogen (secondary N) is 2. The Morgan fingerprint density at radius 1 is 1.19 bits per heavy atom. The molecule has 4 aromatic rings. The van der Waals surface area contributed by atoms with Crippen molar-refractivity contribution in [2.24, 2.45) is 0 Å². The van der Waals surface area contributed by atoms with Gasteiger partial charge in [-0.05, 0) is 36.4 Å². The highest BCUT2D eigenvalue weighted by Gasteiger charge is 2.14. The molecular formula is C20H15N5O2. The molecule has 7 heteroatoms. The number of nitrogens with zero attached hydrogens (tertiary/aromatic N) is 3. The first-order chi connectivity index (χ1) is 13.2. The number of hydrogen-bond donors (Lipinski definition) is 2. The van der Waals surface area contributed by atoms with Crippen LogP contribution in [0.5, 0.6) is 11.6 Å². The van der Waals surface area contributed by atoms with Crippen molar-refractivity contribution in [3.05, 3.63) is 74.0 Å². The number of benzene rings is 1. The van der Waals surface area contributed by atoms with E-state index in [9.17, 15) is 4.79 Å². The minimum atomic E-state index is -0.269. The number of carbonyl (C=O) groups is 1. The normalized spacial score (nSPS) is 10.5. The lowest BCUT2D eigenvalue weighted by atomic mass is 10.1. The van der Waals surface area contributed by atoms with Crippen LogP contribution in [0.2, 0.25) is 0 Å². The average molecular weight is 357 g/mol. The second kappa shape index (κ2) is 7.09. The van der Waals surface area contributed by atoms with Crippen molar-refractivity contribution in [2.75, 3.05) is 5.32 Å². The molecule has 3 heterocycles. The van der Waals surface area contributed by atoms with Crippen molar-refractivity contribution in [2.45, 2.75) is 0 Å². The third-order valence-electron chi connectivity index (χ3n) is 3.93. The van der Waals surface area contributed by atoms with E-state index in [1.54, 1.807) is 36.7 Å². The second-order valence-corrected chi connectivity index (χ2v) is 5.67. The maximum absolute atomic E-state index is 11.4. The van der Waals surface area contributed by atoms with Crippen LogP contribution in [0.25, 0.3) is 22.2 Å². The summed E-state index contributed by atoms with van der Waals surface area (Å²) in [6.07, 6.45) is 8.01. The lowest BCUT2D eigenvalue weighted by molar-refractivity contribution is -0.111. The van der Waals surface area contributed by atoms with Crippen LogP contribution in [0.1, 0.15) is 0 Å². The molecule has 4 rings (SSSR count). The first-order valence-electron chi connectivity index (χ1n) is 8.18. The Balaban J connectivity index is 1.67. The zero-order valence-electron chi connectivity index (χ0n) is 14.2. The minimum Gasteiger partial charge on any atom is -0.438 e. The van der Waals surface area contributed by atoms with Crippen LogP contribution in [-0.2, 0) is 4.79 Å². The van der Waals surface area contributed by atoms with E-state index < -0.39 is 0 Å². The van der Waals surface area contributed by atoms with Crippen molar-refractivity contribution < 1.29 is 9.53 Å². The summed E-state index contributed by atoms with van der Waals surface area (Å²) in [7, 11) is 0. The van der Waals surface area contributed by atoms with Crippen molar-refractivity contribution >= 4 is 22.6 Å². The van der Waals surface area contributed by atoms with Gasteiger partial charge in [0, 0.05) is 35.4 Å². The Bertz CT molecular complexity index is 1100. The average Bonchev–Trinajstić information content (AvgIpc) is 3.15. The molecule has 132 valence electrons. The predicted molar refractivity (Wildman–Crippen MR) is 102 cm³/mol. The van der Waals surface area contributed by atoms with Crippen LogP contribution in [0.15, 0.2) is 74.0 Å². The molecule has 3 aromatic heterocycles. The largest absolute Gasteiger partial charge is 0.438 e. The zero-order valence-corrected chi connectivity index (χ0v) is 14.2. The van der Waals surface area contributed by atoms with Gasteiger partial charge < -0.3 is 15.0 Å². The van der Waals surface area contributed by atoms with Crippen molar-refractivity contribution in [3.63, 3.8) is 0 Å². The van der Waals surface area contributed by atoms with Gasteiger partial charge in [-0.2, -0.15) is 0 Å². The van der Waals surface area contributed by atoms with Crippen LogP contribution in [0.4, 0.5) is 5.69 Å². The molecule has 0 spiro atoms. The maximum Gasteiger partial charge on any atom is 0.247 e. The molecule has 27 heavy (non-hydrogen) atoms. The molecule has 7 nitrogen and oxygen atoms in total. The Labute approximate surface area is 154 Å². The Morgan fingerprint density at radius 2 is 2.04 bits per heavy atom. The Morgan fingerprint density at radius 3 is 2.78 bits per heavy atom. The van der Waals surface area contributed by atoms with Crippen molar-refractivity contribution in [1.82, 2.24) is 19.9 Å². The summed E-state index contributed by atoms with van der Waals surface area (Å²) in [5.74, 6) is 0.752. The highest BCUT2D eigenvalue weighted by atomic mass is 16.5. The summed E-state index contributed by atoms with van der Waals surface area (Å²) < 4.78 is 5.97. The molecule has 0 radical (unpaired) electrons. The van der Waals surface area contributed by atoms with Gasteiger partial charge in [0.05, 0.1) is 5.39 Å². The van der Waals surface area contributed by atoms with E-state index in [1.807, 2.05) is 18.3 Å². The quantitative estimate of drug-likeness (QED) is 0.528. The van der Waals surface area contributed by atoms with Crippen molar-refractivity contribution in [3.8, 4) is 22.8 Å². The summed E-state index contributed by atoms with van der Waals surface area (Å²) in [5, 5.41) is 3.46. The summed E-state index contributed by atoms with van der Waals surface area (Å²) in [6, 6.07) is 10.8. The molecule has 0 saturated carbocycles. The highest BCUT2D eigenvalue weighted by Crippen LogP contribution is 2.34.